The Morgan fingerprint density at radius 2 is 2.43 bits per heavy atom. The third-order valence-corrected chi connectivity index (χ3v) is 3.79. The Bertz CT molecular complexity index is 481. The van der Waals surface area contributed by atoms with Gasteiger partial charge in [0.1, 0.15) is 11.5 Å². The van der Waals surface area contributed by atoms with Crippen molar-refractivity contribution in [2.45, 2.75) is 25.2 Å². The first kappa shape index (κ1) is 8.44. The fraction of sp³-hybridized carbons (Fsp3) is 0.500. The van der Waals surface area contributed by atoms with Gasteiger partial charge in [-0.1, -0.05) is 0 Å². The van der Waals surface area contributed by atoms with Crippen LogP contribution in [0.15, 0.2) is 10.5 Å². The molecule has 0 saturated heterocycles. The summed E-state index contributed by atoms with van der Waals surface area (Å²) in [6, 6.07) is 2.04. The lowest BCUT2D eigenvalue weighted by molar-refractivity contribution is 0.562. The van der Waals surface area contributed by atoms with Crippen molar-refractivity contribution >= 4 is 21.8 Å². The maximum absolute atomic E-state index is 5.78. The molecule has 0 amide bonds. The van der Waals surface area contributed by atoms with Crippen molar-refractivity contribution in [3.05, 3.63) is 17.5 Å². The minimum absolute atomic E-state index is 0.141. The zero-order valence-electron chi connectivity index (χ0n) is 8.04. The van der Waals surface area contributed by atoms with Crippen LogP contribution in [0.3, 0.4) is 0 Å². The predicted octanol–water partition coefficient (Wildman–Crippen LogP) is 2.19. The zero-order chi connectivity index (χ0) is 9.76. The van der Waals surface area contributed by atoms with Crippen LogP contribution in [-0.4, -0.2) is 10.9 Å². The Morgan fingerprint density at radius 3 is 3.07 bits per heavy atom. The van der Waals surface area contributed by atoms with Gasteiger partial charge in [-0.25, -0.2) is 0 Å². The Morgan fingerprint density at radius 1 is 1.64 bits per heavy atom. The van der Waals surface area contributed by atoms with E-state index >= 15 is 0 Å². The molecule has 2 aromatic rings. The molecule has 2 aromatic heterocycles. The fourth-order valence-corrected chi connectivity index (χ4v) is 2.79. The van der Waals surface area contributed by atoms with Crippen LogP contribution in [0, 0.1) is 6.92 Å². The first-order valence-corrected chi connectivity index (χ1v) is 5.59. The number of furan rings is 1. The fourth-order valence-electron chi connectivity index (χ4n) is 1.89. The van der Waals surface area contributed by atoms with Crippen LogP contribution in [-0.2, 0) is 5.41 Å². The summed E-state index contributed by atoms with van der Waals surface area (Å²) in [6.07, 6.45) is 2.31. The molecule has 0 atom stereocenters. The Labute approximate surface area is 86.1 Å². The third kappa shape index (κ3) is 0.980. The van der Waals surface area contributed by atoms with Gasteiger partial charge in [0, 0.05) is 12.0 Å². The monoisotopic (exact) mass is 208 g/mol. The number of nitrogens with two attached hydrogens (primary N) is 1. The second-order valence-corrected chi connectivity index (χ2v) is 4.87. The SMILES string of the molecule is Cc1cc2snc(C3(CN)CC3)c2o1. The van der Waals surface area contributed by atoms with Crippen LogP contribution in [0.2, 0.25) is 0 Å². The summed E-state index contributed by atoms with van der Waals surface area (Å²) in [5, 5.41) is 0. The van der Waals surface area contributed by atoms with E-state index in [1.54, 1.807) is 0 Å². The van der Waals surface area contributed by atoms with E-state index in [1.807, 2.05) is 13.0 Å². The van der Waals surface area contributed by atoms with Crippen LogP contribution in [0.5, 0.6) is 0 Å². The highest BCUT2D eigenvalue weighted by atomic mass is 32.1. The summed E-state index contributed by atoms with van der Waals surface area (Å²) in [5.74, 6) is 0.961. The molecular formula is C10H12N2OS. The van der Waals surface area contributed by atoms with Crippen LogP contribution in [0.25, 0.3) is 10.3 Å². The van der Waals surface area contributed by atoms with Crippen molar-refractivity contribution in [2.24, 2.45) is 5.73 Å². The molecule has 3 rings (SSSR count). The molecule has 0 aliphatic heterocycles. The quantitative estimate of drug-likeness (QED) is 0.823. The summed E-state index contributed by atoms with van der Waals surface area (Å²) in [4.78, 5) is 0. The number of rotatable bonds is 2. The van der Waals surface area contributed by atoms with Gasteiger partial charge in [-0.15, -0.1) is 0 Å². The van der Waals surface area contributed by atoms with Crippen molar-refractivity contribution < 1.29 is 4.42 Å². The van der Waals surface area contributed by atoms with Gasteiger partial charge < -0.3 is 10.2 Å². The van der Waals surface area contributed by atoms with Gasteiger partial charge in [0.2, 0.25) is 0 Å². The number of fused-ring (bicyclic) bond motifs is 1. The van der Waals surface area contributed by atoms with E-state index in [2.05, 4.69) is 4.37 Å². The van der Waals surface area contributed by atoms with Crippen molar-refractivity contribution in [2.75, 3.05) is 6.54 Å². The Kier molecular flexibility index (Phi) is 1.56. The molecule has 0 radical (unpaired) electrons. The average Bonchev–Trinajstić information content (AvgIpc) is 2.74. The van der Waals surface area contributed by atoms with Gasteiger partial charge in [-0.2, -0.15) is 4.37 Å². The maximum Gasteiger partial charge on any atom is 0.168 e. The van der Waals surface area contributed by atoms with Crippen LogP contribution < -0.4 is 5.73 Å². The van der Waals surface area contributed by atoms with Gasteiger partial charge in [0.25, 0.3) is 0 Å². The lowest BCUT2D eigenvalue weighted by atomic mass is 10.0. The van der Waals surface area contributed by atoms with Crippen LogP contribution in [0.4, 0.5) is 0 Å². The van der Waals surface area contributed by atoms with E-state index in [1.165, 1.54) is 11.5 Å². The summed E-state index contributed by atoms with van der Waals surface area (Å²) >= 11 is 1.52. The molecule has 4 heteroatoms. The van der Waals surface area contributed by atoms with Gasteiger partial charge in [0.15, 0.2) is 5.58 Å². The zero-order valence-corrected chi connectivity index (χ0v) is 8.86. The average molecular weight is 208 g/mol. The molecule has 1 saturated carbocycles. The normalized spacial score (nSPS) is 19.0. The number of hydrogen-bond acceptors (Lipinski definition) is 4. The number of aryl methyl sites for hydroxylation is 1. The molecule has 0 aromatic carbocycles. The molecule has 1 fully saturated rings. The topological polar surface area (TPSA) is 52.0 Å². The van der Waals surface area contributed by atoms with E-state index in [4.69, 9.17) is 10.2 Å². The largest absolute Gasteiger partial charge is 0.458 e. The maximum atomic E-state index is 5.78. The summed E-state index contributed by atoms with van der Waals surface area (Å²) in [5.41, 5.74) is 7.98. The van der Waals surface area contributed by atoms with Gasteiger partial charge in [0.05, 0.1) is 4.70 Å². The highest BCUT2D eigenvalue weighted by Crippen LogP contribution is 2.49. The van der Waals surface area contributed by atoms with Crippen LogP contribution in [0.1, 0.15) is 24.3 Å². The highest BCUT2D eigenvalue weighted by Gasteiger charge is 2.47. The molecule has 0 unspecified atom stereocenters. The molecule has 1 aliphatic rings. The van der Waals surface area contributed by atoms with E-state index in [9.17, 15) is 0 Å². The van der Waals surface area contributed by atoms with E-state index in [0.717, 1.165) is 34.6 Å². The predicted molar refractivity (Wildman–Crippen MR) is 56.6 cm³/mol. The molecule has 1 aliphatic carbocycles. The third-order valence-electron chi connectivity index (χ3n) is 3.02. The lowest BCUT2D eigenvalue weighted by Gasteiger charge is -2.06. The standard InChI is InChI=1S/C10H12N2OS/c1-6-4-7-8(13-6)9(12-14-7)10(5-11)2-3-10/h4H,2-3,5,11H2,1H3. The van der Waals surface area contributed by atoms with E-state index < -0.39 is 0 Å². The van der Waals surface area contributed by atoms with Crippen molar-refractivity contribution in [1.82, 2.24) is 4.37 Å². The first-order valence-electron chi connectivity index (χ1n) is 4.81. The Hall–Kier alpha value is -0.870. The van der Waals surface area contributed by atoms with E-state index in [-0.39, 0.29) is 5.41 Å². The highest BCUT2D eigenvalue weighted by molar-refractivity contribution is 7.13. The molecule has 2 heterocycles. The van der Waals surface area contributed by atoms with Crippen LogP contribution >= 0.6 is 11.5 Å². The van der Waals surface area contributed by atoms with E-state index in [0.29, 0.717) is 6.54 Å². The minimum atomic E-state index is 0.141. The van der Waals surface area contributed by atoms with Crippen molar-refractivity contribution in [3.8, 4) is 0 Å². The Balaban J connectivity index is 2.21. The molecule has 14 heavy (non-hydrogen) atoms. The molecule has 0 spiro atoms. The van der Waals surface area contributed by atoms with Gasteiger partial charge in [-0.05, 0) is 37.4 Å². The lowest BCUT2D eigenvalue weighted by Crippen LogP contribution is -2.20. The number of aromatic nitrogens is 1. The summed E-state index contributed by atoms with van der Waals surface area (Å²) < 4.78 is 11.3. The van der Waals surface area contributed by atoms with Gasteiger partial charge in [-0.3, -0.25) is 0 Å². The summed E-state index contributed by atoms with van der Waals surface area (Å²) in [6.45, 7) is 2.66. The number of hydrogen-bond donors (Lipinski definition) is 1. The van der Waals surface area contributed by atoms with Crippen molar-refractivity contribution in [1.29, 1.82) is 0 Å². The minimum Gasteiger partial charge on any atom is -0.458 e. The molecule has 3 nitrogen and oxygen atoms in total. The second kappa shape index (κ2) is 2.58. The number of nitrogens with zero attached hydrogens (tertiary/aromatic N) is 1. The van der Waals surface area contributed by atoms with Crippen molar-refractivity contribution in [3.63, 3.8) is 0 Å². The molecule has 2 N–H and O–H groups in total. The molecule has 0 bridgehead atoms. The first-order chi connectivity index (χ1) is 6.75. The van der Waals surface area contributed by atoms with Gasteiger partial charge >= 0.3 is 0 Å². The second-order valence-electron chi connectivity index (χ2n) is 4.07. The molecule has 74 valence electrons. The molecular weight excluding hydrogens is 196 g/mol. The smallest absolute Gasteiger partial charge is 0.168 e. The summed E-state index contributed by atoms with van der Waals surface area (Å²) in [7, 11) is 0.